The van der Waals surface area contributed by atoms with Gasteiger partial charge in [-0.15, -0.1) is 11.3 Å². The fraction of sp³-hybridized carbons (Fsp3) is 0.231. The number of aliphatic hydroxyl groups excluding tert-OH is 1. The second kappa shape index (κ2) is 5.40. The molecule has 0 aliphatic carbocycles. The molecule has 0 bridgehead atoms. The lowest BCUT2D eigenvalue weighted by Gasteiger charge is -2.11. The van der Waals surface area contributed by atoms with Gasteiger partial charge in [-0.2, -0.15) is 0 Å². The minimum atomic E-state index is -0.488. The summed E-state index contributed by atoms with van der Waals surface area (Å²) in [6.45, 7) is 2.01. The third kappa shape index (κ3) is 3.02. The van der Waals surface area contributed by atoms with Crippen molar-refractivity contribution in [3.05, 3.63) is 55.7 Å². The maximum absolute atomic E-state index is 10.1. The lowest BCUT2D eigenvalue weighted by molar-refractivity contribution is 0.178. The highest BCUT2D eigenvalue weighted by Crippen LogP contribution is 2.28. The molecule has 2 rings (SSSR count). The molecule has 1 heterocycles. The van der Waals surface area contributed by atoms with Crippen molar-refractivity contribution in [1.29, 1.82) is 0 Å². The van der Waals surface area contributed by atoms with Gasteiger partial charge in [-0.3, -0.25) is 0 Å². The maximum Gasteiger partial charge on any atom is 0.0840 e. The van der Waals surface area contributed by atoms with E-state index < -0.39 is 6.10 Å². The van der Waals surface area contributed by atoms with Crippen LogP contribution < -0.4 is 0 Å². The van der Waals surface area contributed by atoms with Gasteiger partial charge in [0.05, 0.1) is 16.1 Å². The molecule has 0 spiro atoms. The van der Waals surface area contributed by atoms with E-state index in [0.29, 0.717) is 16.5 Å². The lowest BCUT2D eigenvalue weighted by Crippen LogP contribution is -2.01. The molecule has 1 atom stereocenters. The first-order chi connectivity index (χ1) is 8.08. The average Bonchev–Trinajstić information content (AvgIpc) is 2.70. The van der Waals surface area contributed by atoms with Crippen LogP contribution in [0.15, 0.2) is 29.6 Å². The molecule has 0 fully saturated rings. The molecule has 0 radical (unpaired) electrons. The molecule has 1 aromatic carbocycles. The van der Waals surface area contributed by atoms with Crippen LogP contribution in [0.5, 0.6) is 0 Å². The molecule has 0 amide bonds. The molecule has 17 heavy (non-hydrogen) atoms. The minimum Gasteiger partial charge on any atom is -0.388 e. The van der Waals surface area contributed by atoms with Crippen LogP contribution in [0.3, 0.4) is 0 Å². The fourth-order valence-corrected chi connectivity index (χ4v) is 2.82. The Balaban J connectivity index is 2.16. The van der Waals surface area contributed by atoms with Gasteiger partial charge in [0.1, 0.15) is 0 Å². The SMILES string of the molecule is Cc1sccc1C(O)Cc1ccc(Cl)c(Cl)c1. The monoisotopic (exact) mass is 286 g/mol. The highest BCUT2D eigenvalue weighted by Gasteiger charge is 2.12. The third-order valence-electron chi connectivity index (χ3n) is 2.67. The Hall–Kier alpha value is -0.540. The Kier molecular flexibility index (Phi) is 4.10. The van der Waals surface area contributed by atoms with Crippen molar-refractivity contribution in [3.8, 4) is 0 Å². The summed E-state index contributed by atoms with van der Waals surface area (Å²) in [6, 6.07) is 7.41. The number of thiophene rings is 1. The second-order valence-corrected chi connectivity index (χ2v) is 5.84. The van der Waals surface area contributed by atoms with Gasteiger partial charge in [0.15, 0.2) is 0 Å². The predicted octanol–water partition coefficient (Wildman–Crippen LogP) is 4.64. The summed E-state index contributed by atoms with van der Waals surface area (Å²) in [5.74, 6) is 0. The molecule has 1 unspecified atom stereocenters. The summed E-state index contributed by atoms with van der Waals surface area (Å²) in [6.07, 6.45) is 0.0626. The van der Waals surface area contributed by atoms with E-state index in [0.717, 1.165) is 16.0 Å². The molecule has 0 saturated heterocycles. The number of rotatable bonds is 3. The van der Waals surface area contributed by atoms with E-state index in [1.165, 1.54) is 0 Å². The second-order valence-electron chi connectivity index (χ2n) is 3.90. The van der Waals surface area contributed by atoms with Gasteiger partial charge in [-0.25, -0.2) is 0 Å². The first-order valence-corrected chi connectivity index (χ1v) is 6.87. The largest absolute Gasteiger partial charge is 0.388 e. The molecular weight excluding hydrogens is 275 g/mol. The maximum atomic E-state index is 10.1. The molecule has 1 nitrogen and oxygen atoms in total. The number of halogens is 2. The minimum absolute atomic E-state index is 0.488. The molecule has 1 N–H and O–H groups in total. The van der Waals surface area contributed by atoms with Crippen molar-refractivity contribution in [2.45, 2.75) is 19.4 Å². The Labute approximate surface area is 115 Å². The van der Waals surface area contributed by atoms with Gasteiger partial charge in [0.2, 0.25) is 0 Å². The fourth-order valence-electron chi connectivity index (χ4n) is 1.74. The standard InChI is InChI=1S/C13H12Cl2OS/c1-8-10(4-5-17-8)13(16)7-9-2-3-11(14)12(15)6-9/h2-6,13,16H,7H2,1H3. The van der Waals surface area contributed by atoms with E-state index in [4.69, 9.17) is 23.2 Å². The van der Waals surface area contributed by atoms with Gasteiger partial charge in [0, 0.05) is 11.3 Å². The van der Waals surface area contributed by atoms with Crippen molar-refractivity contribution in [2.24, 2.45) is 0 Å². The molecular formula is C13H12Cl2OS. The van der Waals surface area contributed by atoms with Crippen molar-refractivity contribution >= 4 is 34.5 Å². The zero-order valence-corrected chi connectivity index (χ0v) is 11.6. The number of hydrogen-bond donors (Lipinski definition) is 1. The average molecular weight is 287 g/mol. The van der Waals surface area contributed by atoms with Crippen LogP contribution >= 0.6 is 34.5 Å². The quantitative estimate of drug-likeness (QED) is 0.872. The zero-order valence-electron chi connectivity index (χ0n) is 9.28. The Morgan fingerprint density at radius 3 is 2.59 bits per heavy atom. The van der Waals surface area contributed by atoms with Crippen LogP contribution in [-0.2, 0) is 6.42 Å². The molecule has 2 aromatic rings. The highest BCUT2D eigenvalue weighted by atomic mass is 35.5. The molecule has 0 saturated carbocycles. The predicted molar refractivity (Wildman–Crippen MR) is 74.2 cm³/mol. The first-order valence-electron chi connectivity index (χ1n) is 5.24. The summed E-state index contributed by atoms with van der Waals surface area (Å²) < 4.78 is 0. The highest BCUT2D eigenvalue weighted by molar-refractivity contribution is 7.10. The van der Waals surface area contributed by atoms with Crippen molar-refractivity contribution < 1.29 is 5.11 Å². The summed E-state index contributed by atoms with van der Waals surface area (Å²) >= 11 is 13.4. The van der Waals surface area contributed by atoms with Gasteiger partial charge in [-0.1, -0.05) is 29.3 Å². The van der Waals surface area contributed by atoms with Crippen LogP contribution in [0.1, 0.15) is 22.1 Å². The number of hydrogen-bond acceptors (Lipinski definition) is 2. The van der Waals surface area contributed by atoms with E-state index in [1.807, 2.05) is 24.4 Å². The molecule has 90 valence electrons. The van der Waals surface area contributed by atoms with E-state index in [1.54, 1.807) is 23.5 Å². The number of aryl methyl sites for hydroxylation is 1. The van der Waals surface area contributed by atoms with E-state index in [2.05, 4.69) is 0 Å². The molecule has 4 heteroatoms. The van der Waals surface area contributed by atoms with Crippen LogP contribution in [0.2, 0.25) is 10.0 Å². The summed E-state index contributed by atoms with van der Waals surface area (Å²) in [4.78, 5) is 1.15. The topological polar surface area (TPSA) is 20.2 Å². The van der Waals surface area contributed by atoms with Crippen LogP contribution in [0.25, 0.3) is 0 Å². The Morgan fingerprint density at radius 1 is 1.24 bits per heavy atom. The summed E-state index contributed by atoms with van der Waals surface area (Å²) in [5.41, 5.74) is 1.97. The van der Waals surface area contributed by atoms with Gasteiger partial charge >= 0.3 is 0 Å². The van der Waals surface area contributed by atoms with Crippen LogP contribution in [0, 0.1) is 6.92 Å². The third-order valence-corrected chi connectivity index (χ3v) is 4.27. The van der Waals surface area contributed by atoms with E-state index >= 15 is 0 Å². The smallest absolute Gasteiger partial charge is 0.0840 e. The number of aliphatic hydroxyl groups is 1. The Morgan fingerprint density at radius 2 is 2.00 bits per heavy atom. The van der Waals surface area contributed by atoms with Gasteiger partial charge in [-0.05, 0) is 41.6 Å². The van der Waals surface area contributed by atoms with Gasteiger partial charge in [0.25, 0.3) is 0 Å². The summed E-state index contributed by atoms with van der Waals surface area (Å²) in [5, 5.41) is 13.2. The van der Waals surface area contributed by atoms with Crippen molar-refractivity contribution in [2.75, 3.05) is 0 Å². The zero-order chi connectivity index (χ0) is 12.4. The van der Waals surface area contributed by atoms with E-state index in [-0.39, 0.29) is 0 Å². The van der Waals surface area contributed by atoms with Crippen LogP contribution in [0.4, 0.5) is 0 Å². The summed E-state index contributed by atoms with van der Waals surface area (Å²) in [7, 11) is 0. The molecule has 0 aliphatic rings. The normalized spacial score (nSPS) is 12.7. The Bertz CT molecular complexity index is 522. The lowest BCUT2D eigenvalue weighted by atomic mass is 10.0. The van der Waals surface area contributed by atoms with E-state index in [9.17, 15) is 5.11 Å². The molecule has 1 aromatic heterocycles. The number of benzene rings is 1. The van der Waals surface area contributed by atoms with Gasteiger partial charge < -0.3 is 5.11 Å². The van der Waals surface area contributed by atoms with Crippen LogP contribution in [-0.4, -0.2) is 5.11 Å². The molecule has 0 aliphatic heterocycles. The van der Waals surface area contributed by atoms with Crippen molar-refractivity contribution in [3.63, 3.8) is 0 Å². The van der Waals surface area contributed by atoms with Crippen molar-refractivity contribution in [1.82, 2.24) is 0 Å². The first kappa shape index (κ1) is 12.9.